The fourth-order valence-electron chi connectivity index (χ4n) is 7.86. The van der Waals surface area contributed by atoms with Crippen molar-refractivity contribution >= 4 is 23.8 Å². The standard InChI is InChI=1S/C39H60N4O6/c1-29-10-12-35(45)28-37(46)49-38(31(3)26-32-8-7-9-34(27-32)42-22-20-40(21-23-42)24-25-44)30(2)11-13-36(29)48-39(47)43-18-14-33(15-19-43)41-16-5-4-6-17-41/h7-9,11,13,26-27,29-30,33,35-36,38,44-45H,4-6,10,12,14-25,28H2,1-3H3/b13-11+,31-26+/t29-,30-,35+,36+,38-/m0/s1. The van der Waals surface area contributed by atoms with Gasteiger partial charge in [0.05, 0.1) is 19.1 Å². The Labute approximate surface area is 293 Å². The van der Waals surface area contributed by atoms with Crippen LogP contribution in [-0.2, 0) is 14.3 Å². The van der Waals surface area contributed by atoms with E-state index in [0.717, 1.165) is 55.8 Å². The summed E-state index contributed by atoms with van der Waals surface area (Å²) in [6, 6.07) is 8.95. The second kappa shape index (κ2) is 18.4. The molecule has 0 bridgehead atoms. The summed E-state index contributed by atoms with van der Waals surface area (Å²) in [6.45, 7) is 14.3. The van der Waals surface area contributed by atoms with E-state index in [4.69, 9.17) is 9.47 Å². The minimum Gasteiger partial charge on any atom is -0.457 e. The number of piperazine rings is 1. The van der Waals surface area contributed by atoms with Gasteiger partial charge < -0.3 is 34.4 Å². The second-order valence-corrected chi connectivity index (χ2v) is 14.8. The van der Waals surface area contributed by atoms with Crippen LogP contribution in [0.4, 0.5) is 10.5 Å². The molecule has 0 radical (unpaired) electrons. The number of amides is 1. The minimum atomic E-state index is -0.821. The number of aliphatic hydroxyl groups is 2. The van der Waals surface area contributed by atoms with Gasteiger partial charge in [-0.3, -0.25) is 9.69 Å². The van der Waals surface area contributed by atoms with Crippen molar-refractivity contribution in [3.8, 4) is 0 Å². The Morgan fingerprint density at radius 1 is 0.959 bits per heavy atom. The zero-order chi connectivity index (χ0) is 34.8. The smallest absolute Gasteiger partial charge is 0.410 e. The van der Waals surface area contributed by atoms with Gasteiger partial charge in [0.2, 0.25) is 0 Å². The molecule has 4 aliphatic rings. The quantitative estimate of drug-likeness (QED) is 0.306. The molecular weight excluding hydrogens is 620 g/mol. The maximum absolute atomic E-state index is 13.4. The summed E-state index contributed by atoms with van der Waals surface area (Å²) in [6.07, 6.45) is 10.8. The van der Waals surface area contributed by atoms with E-state index in [1.54, 1.807) is 0 Å². The third-order valence-corrected chi connectivity index (χ3v) is 11.0. The average Bonchev–Trinajstić information content (AvgIpc) is 3.11. The molecule has 1 aromatic rings. The molecular formula is C39H60N4O6. The Hall–Kier alpha value is -2.92. The molecule has 5 atom stereocenters. The van der Waals surface area contributed by atoms with Gasteiger partial charge in [0.15, 0.2) is 0 Å². The zero-order valence-electron chi connectivity index (χ0n) is 30.0. The highest BCUT2D eigenvalue weighted by atomic mass is 16.6. The van der Waals surface area contributed by atoms with Gasteiger partial charge in [0.25, 0.3) is 0 Å². The highest BCUT2D eigenvalue weighted by Gasteiger charge is 2.31. The number of cyclic esters (lactones) is 1. The van der Waals surface area contributed by atoms with Crippen LogP contribution in [0.5, 0.6) is 0 Å². The number of carbonyl (C=O) groups is 2. The van der Waals surface area contributed by atoms with Crippen LogP contribution in [0.2, 0.25) is 0 Å². The summed E-state index contributed by atoms with van der Waals surface area (Å²) < 4.78 is 12.2. The van der Waals surface area contributed by atoms with E-state index in [1.165, 1.54) is 32.4 Å². The fraction of sp³-hybridized carbons (Fsp3) is 0.692. The molecule has 3 saturated heterocycles. The number of hydrogen-bond acceptors (Lipinski definition) is 9. The number of carbonyl (C=O) groups excluding carboxylic acids is 2. The highest BCUT2D eigenvalue weighted by molar-refractivity contribution is 5.71. The van der Waals surface area contributed by atoms with Crippen LogP contribution >= 0.6 is 0 Å². The van der Waals surface area contributed by atoms with E-state index in [9.17, 15) is 19.8 Å². The number of aliphatic hydroxyl groups excluding tert-OH is 2. The van der Waals surface area contributed by atoms with E-state index in [1.807, 2.05) is 30.9 Å². The van der Waals surface area contributed by atoms with Gasteiger partial charge in [-0.1, -0.05) is 44.6 Å². The summed E-state index contributed by atoms with van der Waals surface area (Å²) in [5.74, 6) is -0.621. The Kier molecular flexibility index (Phi) is 14.0. The molecule has 272 valence electrons. The number of ether oxygens (including phenoxy) is 2. The molecule has 5 rings (SSSR count). The minimum absolute atomic E-state index is 0.0216. The molecule has 2 N–H and O–H groups in total. The lowest BCUT2D eigenvalue weighted by Crippen LogP contribution is -2.48. The maximum Gasteiger partial charge on any atom is 0.410 e. The van der Waals surface area contributed by atoms with Gasteiger partial charge in [0.1, 0.15) is 12.2 Å². The monoisotopic (exact) mass is 680 g/mol. The first-order valence-electron chi connectivity index (χ1n) is 18.8. The van der Waals surface area contributed by atoms with Crippen LogP contribution < -0.4 is 4.90 Å². The van der Waals surface area contributed by atoms with Crippen LogP contribution in [0.25, 0.3) is 6.08 Å². The molecule has 49 heavy (non-hydrogen) atoms. The molecule has 0 spiro atoms. The second-order valence-electron chi connectivity index (χ2n) is 14.8. The number of β-amino-alcohol motifs (C(OH)–C–C–N with tert-alkyl or cyclic N) is 1. The van der Waals surface area contributed by atoms with Crippen LogP contribution in [0, 0.1) is 11.8 Å². The van der Waals surface area contributed by atoms with Crippen LogP contribution in [0.3, 0.4) is 0 Å². The molecule has 0 unspecified atom stereocenters. The summed E-state index contributed by atoms with van der Waals surface area (Å²) in [4.78, 5) is 35.5. The van der Waals surface area contributed by atoms with E-state index in [2.05, 4.69) is 52.0 Å². The van der Waals surface area contributed by atoms with E-state index >= 15 is 0 Å². The lowest BCUT2D eigenvalue weighted by molar-refractivity contribution is -0.151. The number of hydrogen-bond donors (Lipinski definition) is 2. The largest absolute Gasteiger partial charge is 0.457 e. The van der Waals surface area contributed by atoms with Gasteiger partial charge in [-0.15, -0.1) is 0 Å². The number of esters is 1. The van der Waals surface area contributed by atoms with Crippen molar-refractivity contribution in [2.75, 3.05) is 70.4 Å². The SMILES string of the molecule is C/C(=C\c1cccc(N2CCN(CCO)CC2)c1)[C@H]1OC(=O)C[C@H](O)CC[C@H](C)[C@H](OC(=O)N2CCC(N3CCCCC3)CC2)/C=C/[C@@H]1C. The summed E-state index contributed by atoms with van der Waals surface area (Å²) in [5.41, 5.74) is 3.07. The molecule has 0 aliphatic carbocycles. The topological polar surface area (TPSA) is 106 Å². The highest BCUT2D eigenvalue weighted by Crippen LogP contribution is 2.28. The van der Waals surface area contributed by atoms with Crippen molar-refractivity contribution in [1.82, 2.24) is 14.7 Å². The van der Waals surface area contributed by atoms with Crippen LogP contribution in [-0.4, -0.2) is 127 Å². The number of likely N-dealkylation sites (tertiary alicyclic amines) is 2. The van der Waals surface area contributed by atoms with Crippen molar-refractivity contribution in [3.63, 3.8) is 0 Å². The van der Waals surface area contributed by atoms with Crippen molar-refractivity contribution < 1.29 is 29.3 Å². The molecule has 4 heterocycles. The Balaban J connectivity index is 1.26. The predicted octanol–water partition coefficient (Wildman–Crippen LogP) is 4.94. The van der Waals surface area contributed by atoms with Gasteiger partial charge >= 0.3 is 12.1 Å². The third kappa shape index (κ3) is 10.8. The molecule has 10 heteroatoms. The Bertz CT molecular complexity index is 1270. The van der Waals surface area contributed by atoms with Crippen molar-refractivity contribution in [2.45, 2.75) is 96.5 Å². The number of piperidine rings is 2. The van der Waals surface area contributed by atoms with Crippen molar-refractivity contribution in [1.29, 1.82) is 0 Å². The van der Waals surface area contributed by atoms with Crippen LogP contribution in [0.1, 0.15) is 77.7 Å². The molecule has 3 fully saturated rings. The Morgan fingerprint density at radius 2 is 1.69 bits per heavy atom. The molecule has 1 aromatic carbocycles. The molecule has 10 nitrogen and oxygen atoms in total. The Morgan fingerprint density at radius 3 is 2.41 bits per heavy atom. The summed E-state index contributed by atoms with van der Waals surface area (Å²) >= 11 is 0. The first-order chi connectivity index (χ1) is 23.7. The zero-order valence-corrected chi connectivity index (χ0v) is 30.0. The molecule has 0 saturated carbocycles. The number of rotatable bonds is 7. The third-order valence-electron chi connectivity index (χ3n) is 11.0. The number of nitrogens with zero attached hydrogens (tertiary/aromatic N) is 4. The average molecular weight is 681 g/mol. The predicted molar refractivity (Wildman–Crippen MR) is 193 cm³/mol. The number of benzene rings is 1. The van der Waals surface area contributed by atoms with Gasteiger partial charge in [-0.25, -0.2) is 4.79 Å². The van der Waals surface area contributed by atoms with E-state index in [0.29, 0.717) is 38.5 Å². The summed E-state index contributed by atoms with van der Waals surface area (Å²) in [7, 11) is 0. The van der Waals surface area contributed by atoms with E-state index in [-0.39, 0.29) is 31.0 Å². The molecule has 4 aliphatic heterocycles. The van der Waals surface area contributed by atoms with Crippen LogP contribution in [0.15, 0.2) is 42.0 Å². The first-order valence-corrected chi connectivity index (χ1v) is 18.8. The van der Waals surface area contributed by atoms with Crippen molar-refractivity contribution in [3.05, 3.63) is 47.6 Å². The fourth-order valence-corrected chi connectivity index (χ4v) is 7.86. The molecule has 0 aromatic heterocycles. The lowest BCUT2D eigenvalue weighted by Gasteiger charge is -2.40. The van der Waals surface area contributed by atoms with Gasteiger partial charge in [0, 0.05) is 63.5 Å². The lowest BCUT2D eigenvalue weighted by atomic mass is 9.91. The van der Waals surface area contributed by atoms with Crippen molar-refractivity contribution in [2.24, 2.45) is 11.8 Å². The van der Waals surface area contributed by atoms with Gasteiger partial charge in [-0.05, 0) is 93.8 Å². The summed E-state index contributed by atoms with van der Waals surface area (Å²) in [5, 5.41) is 20.0. The molecule has 1 amide bonds. The number of anilines is 1. The first kappa shape index (κ1) is 37.3. The van der Waals surface area contributed by atoms with E-state index < -0.39 is 24.3 Å². The normalized spacial score (nSPS) is 29.9. The van der Waals surface area contributed by atoms with Gasteiger partial charge in [-0.2, -0.15) is 0 Å². The maximum atomic E-state index is 13.4.